The summed E-state index contributed by atoms with van der Waals surface area (Å²) in [6, 6.07) is 3.66. The van der Waals surface area contributed by atoms with E-state index < -0.39 is 11.7 Å². The number of hydrogen-bond acceptors (Lipinski definition) is 2. The van der Waals surface area contributed by atoms with Gasteiger partial charge >= 0.3 is 12.2 Å². The van der Waals surface area contributed by atoms with Crippen LogP contribution in [-0.4, -0.2) is 48.1 Å². The van der Waals surface area contributed by atoms with Crippen LogP contribution in [-0.2, 0) is 6.18 Å². The summed E-state index contributed by atoms with van der Waals surface area (Å²) in [5.74, 6) is 0. The molecule has 0 bridgehead atoms. The molecule has 8 heteroatoms. The maximum absolute atomic E-state index is 12.8. The minimum absolute atomic E-state index is 0.0938. The highest BCUT2D eigenvalue weighted by Crippen LogP contribution is 2.36. The first kappa shape index (κ1) is 16.4. The van der Waals surface area contributed by atoms with Crippen molar-refractivity contribution in [2.45, 2.75) is 25.1 Å². The van der Waals surface area contributed by atoms with Gasteiger partial charge in [-0.1, -0.05) is 11.6 Å². The molecule has 23 heavy (non-hydrogen) atoms. The molecule has 0 aromatic heterocycles. The van der Waals surface area contributed by atoms with Gasteiger partial charge in [-0.2, -0.15) is 13.2 Å². The molecule has 1 aliphatic heterocycles. The molecule has 4 nitrogen and oxygen atoms in total. The highest BCUT2D eigenvalue weighted by molar-refractivity contribution is 6.31. The zero-order chi connectivity index (χ0) is 16.6. The Morgan fingerprint density at radius 2 is 1.83 bits per heavy atom. The molecule has 3 rings (SSSR count). The van der Waals surface area contributed by atoms with E-state index in [1.165, 1.54) is 18.9 Å². The van der Waals surface area contributed by atoms with Crippen molar-refractivity contribution in [3.63, 3.8) is 0 Å². The molecule has 1 aliphatic carbocycles. The van der Waals surface area contributed by atoms with Crippen LogP contribution in [0.5, 0.6) is 0 Å². The molecule has 0 atom stereocenters. The zero-order valence-corrected chi connectivity index (χ0v) is 13.1. The normalized spacial score (nSPS) is 19.7. The fraction of sp³-hybridized carbons (Fsp3) is 0.533. The molecule has 1 N–H and O–H groups in total. The van der Waals surface area contributed by atoms with Gasteiger partial charge in [-0.15, -0.1) is 0 Å². The van der Waals surface area contributed by atoms with Crippen molar-refractivity contribution >= 4 is 23.3 Å². The van der Waals surface area contributed by atoms with Gasteiger partial charge in [0.25, 0.3) is 0 Å². The van der Waals surface area contributed by atoms with Gasteiger partial charge in [-0.25, -0.2) is 4.79 Å². The highest BCUT2D eigenvalue weighted by atomic mass is 35.5. The second-order valence-electron chi connectivity index (χ2n) is 5.88. The summed E-state index contributed by atoms with van der Waals surface area (Å²) in [7, 11) is 0. The molecule has 2 aliphatic rings. The van der Waals surface area contributed by atoms with Crippen molar-refractivity contribution < 1.29 is 18.0 Å². The van der Waals surface area contributed by atoms with Gasteiger partial charge < -0.3 is 10.2 Å². The van der Waals surface area contributed by atoms with Crippen LogP contribution < -0.4 is 5.32 Å². The first-order valence-corrected chi connectivity index (χ1v) is 7.89. The van der Waals surface area contributed by atoms with Crippen molar-refractivity contribution in [2.75, 3.05) is 31.5 Å². The molecule has 2 amide bonds. The Kier molecular flexibility index (Phi) is 4.42. The molecular weight excluding hydrogens is 331 g/mol. The number of benzene rings is 1. The van der Waals surface area contributed by atoms with E-state index in [2.05, 4.69) is 10.2 Å². The second-order valence-corrected chi connectivity index (χ2v) is 6.28. The maximum Gasteiger partial charge on any atom is 0.417 e. The molecule has 1 saturated heterocycles. The summed E-state index contributed by atoms with van der Waals surface area (Å²) in [5.41, 5.74) is -0.855. The number of urea groups is 1. The third-order valence-electron chi connectivity index (χ3n) is 4.19. The van der Waals surface area contributed by atoms with Gasteiger partial charge in [0.1, 0.15) is 0 Å². The summed E-state index contributed by atoms with van der Waals surface area (Å²) in [4.78, 5) is 16.2. The topological polar surface area (TPSA) is 35.6 Å². The molecule has 0 radical (unpaired) electrons. The number of nitrogens with zero attached hydrogens (tertiary/aromatic N) is 2. The van der Waals surface area contributed by atoms with E-state index in [1.54, 1.807) is 4.90 Å². The smallest absolute Gasteiger partial charge is 0.322 e. The quantitative estimate of drug-likeness (QED) is 0.886. The van der Waals surface area contributed by atoms with Crippen molar-refractivity contribution in [2.24, 2.45) is 0 Å². The standard InChI is InChI=1S/C15H17ClF3N3O/c16-13-4-1-10(9-12(13)15(17,18)19)20-14(23)22-7-5-21(6-8-22)11-2-3-11/h1,4,9,11H,2-3,5-8H2,(H,20,23). The number of nitrogens with one attached hydrogen (secondary N) is 1. The first-order valence-electron chi connectivity index (χ1n) is 7.51. The lowest BCUT2D eigenvalue weighted by atomic mass is 10.2. The molecule has 1 saturated carbocycles. The van der Waals surface area contributed by atoms with Gasteiger partial charge in [0.2, 0.25) is 0 Å². The molecule has 0 spiro atoms. The van der Waals surface area contributed by atoms with Crippen LogP contribution in [0.2, 0.25) is 5.02 Å². The number of alkyl halides is 3. The summed E-state index contributed by atoms with van der Waals surface area (Å²) >= 11 is 5.57. The summed E-state index contributed by atoms with van der Waals surface area (Å²) in [5, 5.41) is 2.14. The summed E-state index contributed by atoms with van der Waals surface area (Å²) < 4.78 is 38.5. The molecule has 126 valence electrons. The maximum atomic E-state index is 12.8. The van der Waals surface area contributed by atoms with E-state index in [4.69, 9.17) is 11.6 Å². The summed E-state index contributed by atoms with van der Waals surface area (Å²) in [6.45, 7) is 2.79. The van der Waals surface area contributed by atoms with Gasteiger partial charge in [-0.3, -0.25) is 4.90 Å². The minimum Gasteiger partial charge on any atom is -0.322 e. The third kappa shape index (κ3) is 3.90. The third-order valence-corrected chi connectivity index (χ3v) is 4.52. The van der Waals surface area contributed by atoms with E-state index in [0.29, 0.717) is 19.1 Å². The SMILES string of the molecule is O=C(Nc1ccc(Cl)c(C(F)(F)F)c1)N1CCN(C2CC2)CC1. The number of halogens is 4. The average molecular weight is 348 g/mol. The molecular formula is C15H17ClF3N3O. The molecule has 1 aromatic carbocycles. The van der Waals surface area contributed by atoms with Crippen LogP contribution in [0, 0.1) is 0 Å². The Balaban J connectivity index is 1.61. The number of hydrogen-bond donors (Lipinski definition) is 1. The predicted molar refractivity (Wildman–Crippen MR) is 81.6 cm³/mol. The van der Waals surface area contributed by atoms with Crippen molar-refractivity contribution in [1.82, 2.24) is 9.80 Å². The van der Waals surface area contributed by atoms with Crippen LogP contribution in [0.1, 0.15) is 18.4 Å². The largest absolute Gasteiger partial charge is 0.417 e. The number of anilines is 1. The molecule has 2 fully saturated rings. The van der Waals surface area contributed by atoms with Crippen LogP contribution >= 0.6 is 11.6 Å². The Morgan fingerprint density at radius 1 is 1.17 bits per heavy atom. The average Bonchev–Trinajstić information content (AvgIpc) is 3.33. The fourth-order valence-electron chi connectivity index (χ4n) is 2.75. The van der Waals surface area contributed by atoms with Crippen molar-refractivity contribution in [3.05, 3.63) is 28.8 Å². The van der Waals surface area contributed by atoms with E-state index in [1.807, 2.05) is 0 Å². The number of carbonyl (C=O) groups is 1. The Morgan fingerprint density at radius 3 is 2.39 bits per heavy atom. The van der Waals surface area contributed by atoms with Crippen LogP contribution in [0.3, 0.4) is 0 Å². The molecule has 1 aromatic rings. The lowest BCUT2D eigenvalue weighted by molar-refractivity contribution is -0.137. The van der Waals surface area contributed by atoms with Crippen LogP contribution in [0.15, 0.2) is 18.2 Å². The van der Waals surface area contributed by atoms with Crippen LogP contribution in [0.25, 0.3) is 0 Å². The number of piperazine rings is 1. The predicted octanol–water partition coefficient (Wildman–Crippen LogP) is 3.67. The van der Waals surface area contributed by atoms with E-state index in [0.717, 1.165) is 25.2 Å². The van der Waals surface area contributed by atoms with E-state index in [9.17, 15) is 18.0 Å². The molecule has 1 heterocycles. The summed E-state index contributed by atoms with van der Waals surface area (Å²) in [6.07, 6.45) is -2.11. The van der Waals surface area contributed by atoms with Crippen molar-refractivity contribution in [3.8, 4) is 0 Å². The second kappa shape index (κ2) is 6.20. The monoisotopic (exact) mass is 347 g/mol. The zero-order valence-electron chi connectivity index (χ0n) is 12.4. The van der Waals surface area contributed by atoms with Crippen molar-refractivity contribution in [1.29, 1.82) is 0 Å². The fourth-order valence-corrected chi connectivity index (χ4v) is 2.98. The first-order chi connectivity index (χ1) is 10.8. The number of amides is 2. The molecule has 0 unspecified atom stereocenters. The number of carbonyl (C=O) groups excluding carboxylic acids is 1. The van der Waals surface area contributed by atoms with Gasteiger partial charge in [0, 0.05) is 37.9 Å². The highest BCUT2D eigenvalue weighted by Gasteiger charge is 2.34. The van der Waals surface area contributed by atoms with Gasteiger partial charge in [0.15, 0.2) is 0 Å². The minimum atomic E-state index is -4.55. The van der Waals surface area contributed by atoms with Crippen LogP contribution in [0.4, 0.5) is 23.7 Å². The Labute approximate surface area is 137 Å². The Bertz CT molecular complexity index is 596. The lowest BCUT2D eigenvalue weighted by Gasteiger charge is -2.34. The number of rotatable bonds is 2. The van der Waals surface area contributed by atoms with Gasteiger partial charge in [0.05, 0.1) is 10.6 Å². The van der Waals surface area contributed by atoms with E-state index in [-0.39, 0.29) is 16.7 Å². The van der Waals surface area contributed by atoms with Gasteiger partial charge in [-0.05, 0) is 31.0 Å². The van der Waals surface area contributed by atoms with E-state index >= 15 is 0 Å². The Hall–Kier alpha value is -1.47. The lowest BCUT2D eigenvalue weighted by Crippen LogP contribution is -2.50.